The average Bonchev–Trinajstić information content (AvgIpc) is 3.64. The van der Waals surface area contributed by atoms with Crippen LogP contribution in [-0.2, 0) is 37.1 Å². The third-order valence-corrected chi connectivity index (χ3v) is 9.62. The van der Waals surface area contributed by atoms with Crippen LogP contribution >= 0.6 is 0 Å². The number of imide groups is 1. The Balaban J connectivity index is 1.09. The van der Waals surface area contributed by atoms with E-state index in [0.29, 0.717) is 53.9 Å². The molecule has 0 unspecified atom stereocenters. The van der Waals surface area contributed by atoms with E-state index < -0.39 is 12.0 Å². The number of carbonyl (C=O) groups excluding carboxylic acids is 5. The number of hydrogen-bond donors (Lipinski definition) is 1. The molecule has 4 aliphatic rings. The lowest BCUT2D eigenvalue weighted by atomic mass is 9.93. The first-order valence-electron chi connectivity index (χ1n) is 16.3. The van der Waals surface area contributed by atoms with Gasteiger partial charge < -0.3 is 14.5 Å². The Kier molecular flexibility index (Phi) is 8.32. The van der Waals surface area contributed by atoms with Crippen LogP contribution in [0.5, 0.6) is 0 Å². The molecule has 3 aromatic rings. The van der Waals surface area contributed by atoms with Crippen LogP contribution in [-0.4, -0.2) is 47.2 Å². The van der Waals surface area contributed by atoms with Gasteiger partial charge in [-0.25, -0.2) is 4.79 Å². The lowest BCUT2D eigenvalue weighted by Gasteiger charge is -2.31. The van der Waals surface area contributed by atoms with Gasteiger partial charge in [-0.15, -0.1) is 0 Å². The Labute approximate surface area is 273 Å². The zero-order chi connectivity index (χ0) is 32.5. The number of ether oxygens (including phenoxy) is 1. The van der Waals surface area contributed by atoms with Crippen LogP contribution in [0, 0.1) is 5.92 Å². The van der Waals surface area contributed by atoms with E-state index in [4.69, 9.17) is 4.74 Å². The maximum atomic E-state index is 14.2. The van der Waals surface area contributed by atoms with E-state index in [1.807, 2.05) is 66.7 Å². The zero-order valence-corrected chi connectivity index (χ0v) is 26.0. The second kappa shape index (κ2) is 12.9. The summed E-state index contributed by atoms with van der Waals surface area (Å²) in [6.45, 7) is 0.0742. The normalized spacial score (nSPS) is 20.5. The molecule has 1 fully saturated rings. The minimum atomic E-state index is -0.566. The minimum Gasteiger partial charge on any atom is -0.444 e. The van der Waals surface area contributed by atoms with E-state index in [1.165, 1.54) is 0 Å². The highest BCUT2D eigenvalue weighted by atomic mass is 16.5. The van der Waals surface area contributed by atoms with Crippen molar-refractivity contribution in [1.29, 1.82) is 0 Å². The molecule has 0 bridgehead atoms. The third-order valence-electron chi connectivity index (χ3n) is 9.62. The van der Waals surface area contributed by atoms with Crippen LogP contribution in [0.2, 0.25) is 0 Å². The average molecular weight is 633 g/mol. The smallest absolute Gasteiger partial charge is 0.411 e. The molecule has 2 heterocycles. The molecule has 7 rings (SSSR count). The maximum Gasteiger partial charge on any atom is 0.411 e. The molecule has 10 nitrogen and oxygen atoms in total. The van der Waals surface area contributed by atoms with Gasteiger partial charge in [-0.1, -0.05) is 61.0 Å². The van der Waals surface area contributed by atoms with E-state index in [9.17, 15) is 24.0 Å². The quantitative estimate of drug-likeness (QED) is 0.333. The van der Waals surface area contributed by atoms with Gasteiger partial charge in [-0.3, -0.25) is 29.4 Å². The molecule has 0 radical (unpaired) electrons. The van der Waals surface area contributed by atoms with Crippen molar-refractivity contribution in [3.8, 4) is 0 Å². The van der Waals surface area contributed by atoms with Crippen LogP contribution in [0.1, 0.15) is 56.1 Å². The van der Waals surface area contributed by atoms with Gasteiger partial charge in [0.1, 0.15) is 13.2 Å². The van der Waals surface area contributed by atoms with Gasteiger partial charge in [-0.05, 0) is 73.9 Å². The van der Waals surface area contributed by atoms with Gasteiger partial charge in [0, 0.05) is 22.9 Å². The Morgan fingerprint density at radius 1 is 0.723 bits per heavy atom. The summed E-state index contributed by atoms with van der Waals surface area (Å²) in [5.41, 5.74) is 4.59. The largest absolute Gasteiger partial charge is 0.444 e. The van der Waals surface area contributed by atoms with Crippen LogP contribution in [0.15, 0.2) is 90.0 Å². The molecular weight excluding hydrogens is 596 g/mol. The Morgan fingerprint density at radius 2 is 1.38 bits per heavy atom. The number of benzene rings is 3. The fourth-order valence-corrected chi connectivity index (χ4v) is 7.32. The number of hydrogen-bond acceptors (Lipinski definition) is 6. The molecule has 0 aromatic heterocycles. The summed E-state index contributed by atoms with van der Waals surface area (Å²) in [4.78, 5) is 71.5. The SMILES string of the molecule is O=C(Nc1ccc(CN2C(=O)[C@H]3CCC[C@H]3N(C(=O)CN3C(=O)C4=C(CCCC4)C3=O)c3ccccc32)cc1)OCc1ccccc1. The number of para-hydroxylation sites is 2. The van der Waals surface area contributed by atoms with Crippen molar-refractivity contribution >= 4 is 46.8 Å². The fourth-order valence-electron chi connectivity index (χ4n) is 7.32. The van der Waals surface area contributed by atoms with Crippen molar-refractivity contribution in [2.75, 3.05) is 21.7 Å². The molecule has 2 atom stereocenters. The number of anilines is 3. The second-order valence-corrected chi connectivity index (χ2v) is 12.5. The molecular formula is C37H36N4O6. The third kappa shape index (κ3) is 5.91. The first kappa shape index (κ1) is 30.4. The van der Waals surface area contributed by atoms with Gasteiger partial charge >= 0.3 is 6.09 Å². The minimum absolute atomic E-state index is 0.0626. The first-order valence-corrected chi connectivity index (χ1v) is 16.3. The highest BCUT2D eigenvalue weighted by Gasteiger charge is 2.47. The van der Waals surface area contributed by atoms with E-state index >= 15 is 0 Å². The number of nitrogens with one attached hydrogen (secondary N) is 1. The highest BCUT2D eigenvalue weighted by molar-refractivity contribution is 6.21. The maximum absolute atomic E-state index is 14.2. The predicted octanol–water partition coefficient (Wildman–Crippen LogP) is 5.72. The molecule has 10 heteroatoms. The molecule has 3 aromatic carbocycles. The molecule has 2 aliphatic carbocycles. The van der Waals surface area contributed by atoms with Gasteiger partial charge in [0.05, 0.1) is 23.8 Å². The number of amides is 5. The number of carbonyl (C=O) groups is 5. The van der Waals surface area contributed by atoms with E-state index in [-0.39, 0.29) is 49.4 Å². The standard InChI is InChI=1S/C37H36N4O6/c42-33(22-40-34(43)27-11-4-5-12-28(27)35(40)44)41-30-16-8-13-29(30)36(45)39(31-14-6-7-15-32(31)41)21-24-17-19-26(20-18-24)38-37(46)47-23-25-9-2-1-3-10-25/h1-3,6-7,9-10,14-15,17-20,29-30H,4-5,8,11-13,16,21-23H2,(H,38,46)/t29-,30+/m0/s1. The lowest BCUT2D eigenvalue weighted by molar-refractivity contribution is -0.141. The fraction of sp³-hybridized carbons (Fsp3) is 0.324. The van der Waals surface area contributed by atoms with Crippen molar-refractivity contribution in [2.24, 2.45) is 5.92 Å². The summed E-state index contributed by atoms with van der Waals surface area (Å²) < 4.78 is 5.32. The molecule has 1 N–H and O–H groups in total. The molecule has 5 amide bonds. The van der Waals surface area contributed by atoms with Crippen molar-refractivity contribution in [1.82, 2.24) is 4.90 Å². The van der Waals surface area contributed by atoms with E-state index in [0.717, 1.165) is 35.3 Å². The summed E-state index contributed by atoms with van der Waals surface area (Å²) in [5.74, 6) is -1.55. The molecule has 2 aliphatic heterocycles. The summed E-state index contributed by atoms with van der Waals surface area (Å²) in [5, 5.41) is 2.74. The predicted molar refractivity (Wildman–Crippen MR) is 175 cm³/mol. The number of nitrogens with zero attached hydrogens (tertiary/aromatic N) is 3. The van der Waals surface area contributed by atoms with Crippen molar-refractivity contribution in [3.05, 3.63) is 101 Å². The van der Waals surface area contributed by atoms with Gasteiger partial charge in [0.25, 0.3) is 11.8 Å². The van der Waals surface area contributed by atoms with Crippen LogP contribution in [0.4, 0.5) is 21.9 Å². The van der Waals surface area contributed by atoms with E-state index in [1.54, 1.807) is 21.9 Å². The topological polar surface area (TPSA) is 116 Å². The number of fused-ring (bicyclic) bond motifs is 2. The van der Waals surface area contributed by atoms with Crippen molar-refractivity contribution < 1.29 is 28.7 Å². The Hall–Kier alpha value is -5.25. The molecule has 0 spiro atoms. The molecule has 0 saturated heterocycles. The van der Waals surface area contributed by atoms with E-state index in [2.05, 4.69) is 5.32 Å². The van der Waals surface area contributed by atoms with Crippen LogP contribution in [0.25, 0.3) is 0 Å². The van der Waals surface area contributed by atoms with Crippen LogP contribution in [0.3, 0.4) is 0 Å². The van der Waals surface area contributed by atoms with Gasteiger partial charge in [-0.2, -0.15) is 0 Å². The summed E-state index contributed by atoms with van der Waals surface area (Å²) >= 11 is 0. The summed E-state index contributed by atoms with van der Waals surface area (Å²) in [7, 11) is 0. The van der Waals surface area contributed by atoms with Crippen molar-refractivity contribution in [2.45, 2.75) is 64.1 Å². The van der Waals surface area contributed by atoms with Gasteiger partial charge in [0.15, 0.2) is 0 Å². The molecule has 1 saturated carbocycles. The number of rotatable bonds is 7. The lowest BCUT2D eigenvalue weighted by Crippen LogP contribution is -2.49. The summed E-state index contributed by atoms with van der Waals surface area (Å²) in [6, 6.07) is 23.6. The second-order valence-electron chi connectivity index (χ2n) is 12.5. The van der Waals surface area contributed by atoms with Crippen molar-refractivity contribution in [3.63, 3.8) is 0 Å². The molecule has 47 heavy (non-hydrogen) atoms. The first-order chi connectivity index (χ1) is 22.9. The van der Waals surface area contributed by atoms with Gasteiger partial charge in [0.2, 0.25) is 11.8 Å². The van der Waals surface area contributed by atoms with Crippen LogP contribution < -0.4 is 15.1 Å². The molecule has 240 valence electrons. The summed E-state index contributed by atoms with van der Waals surface area (Å²) in [6.07, 6.45) is 4.39. The Bertz CT molecular complexity index is 1740. The highest BCUT2D eigenvalue weighted by Crippen LogP contribution is 2.44. The monoisotopic (exact) mass is 632 g/mol. The zero-order valence-electron chi connectivity index (χ0n) is 26.0. The Morgan fingerprint density at radius 3 is 2.09 bits per heavy atom.